The van der Waals surface area contributed by atoms with Crippen LogP contribution in [0.2, 0.25) is 0 Å². The van der Waals surface area contributed by atoms with Gasteiger partial charge in [-0.3, -0.25) is 0 Å². The molecule has 0 fully saturated rings. The zero-order valence-corrected chi connectivity index (χ0v) is 12.2. The quantitative estimate of drug-likeness (QED) is 0.519. The van der Waals surface area contributed by atoms with Gasteiger partial charge in [0, 0.05) is 100 Å². The molecule has 45 valence electrons. The standard InChI is InChI=1S/B.ClH.Cu.Fe.Mn.Mo.Zn/h;1H;;;;;. The molecule has 0 aromatic heterocycles. The van der Waals surface area contributed by atoms with Crippen LogP contribution in [-0.4, -0.2) is 8.41 Å². The first-order chi connectivity index (χ1) is 0. The summed E-state index contributed by atoms with van der Waals surface area (Å²) in [6.07, 6.45) is 0. The van der Waals surface area contributed by atoms with Crippen LogP contribution in [0.3, 0.4) is 0 Å². The Balaban J connectivity index is 0. The SMILES string of the molecule is Cl.[B].[Cu].[Fe].[Mn].[Mo].[Zn]. The van der Waals surface area contributed by atoms with Crippen molar-refractivity contribution >= 4 is 20.8 Å². The summed E-state index contributed by atoms with van der Waals surface area (Å²) in [5.74, 6) is 0. The molecule has 0 spiro atoms. The van der Waals surface area contributed by atoms with Crippen molar-refractivity contribution in [2.24, 2.45) is 0 Å². The normalized spacial score (nSPS) is 0. The van der Waals surface area contributed by atoms with Gasteiger partial charge in [0.15, 0.2) is 0 Å². The maximum absolute atomic E-state index is 0. The van der Waals surface area contributed by atoms with E-state index in [1.165, 1.54) is 0 Å². The van der Waals surface area contributed by atoms with Crippen LogP contribution in [0.4, 0.5) is 0 Å². The van der Waals surface area contributed by atoms with E-state index < -0.39 is 0 Å². The molecule has 0 aromatic rings. The van der Waals surface area contributed by atoms with Crippen LogP contribution in [0.15, 0.2) is 0 Å². The van der Waals surface area contributed by atoms with Gasteiger partial charge in [-0.2, -0.15) is 0 Å². The van der Waals surface area contributed by atoms with E-state index in [4.69, 9.17) is 0 Å². The molecule has 0 nitrogen and oxygen atoms in total. The van der Waals surface area contributed by atoms with E-state index in [1.54, 1.807) is 0 Å². The molecular weight excluding hydrogens is 382 g/mol. The number of hydrogen-bond acceptors (Lipinski definition) is 0. The van der Waals surface area contributed by atoms with Crippen molar-refractivity contribution in [3.8, 4) is 0 Å². The van der Waals surface area contributed by atoms with Crippen molar-refractivity contribution < 1.29 is 91.7 Å². The molecule has 0 aliphatic rings. The third-order valence-electron chi connectivity index (χ3n) is 0. The van der Waals surface area contributed by atoms with E-state index in [1.807, 2.05) is 0 Å². The second kappa shape index (κ2) is 60.0. The van der Waals surface area contributed by atoms with Crippen LogP contribution in [0, 0.1) is 0 Å². The van der Waals surface area contributed by atoms with E-state index in [-0.39, 0.29) is 113 Å². The fraction of sp³-hybridized carbons (Fsp3) is 0. The Morgan fingerprint density at radius 3 is 1.00 bits per heavy atom. The molecule has 5 radical (unpaired) electrons. The molecule has 0 unspecified atom stereocenters. The van der Waals surface area contributed by atoms with E-state index in [9.17, 15) is 0 Å². The molecule has 0 aromatic carbocycles. The minimum atomic E-state index is 0. The van der Waals surface area contributed by atoms with Gasteiger partial charge < -0.3 is 0 Å². The van der Waals surface area contributed by atoms with E-state index in [0.29, 0.717) is 0 Å². The van der Waals surface area contributed by atoms with Crippen molar-refractivity contribution in [2.45, 2.75) is 0 Å². The topological polar surface area (TPSA) is 0 Å². The van der Waals surface area contributed by atoms with Gasteiger partial charge in [0.05, 0.1) is 0 Å². The largest absolute Gasteiger partial charge is 0.147 e. The minimum Gasteiger partial charge on any atom is -0.147 e. The average Bonchev–Trinajstić information content (AvgIpc) is 0. The maximum Gasteiger partial charge on any atom is 0 e. The summed E-state index contributed by atoms with van der Waals surface area (Å²) in [6.45, 7) is 0. The van der Waals surface area contributed by atoms with Gasteiger partial charge in [0.25, 0.3) is 0 Å². The third kappa shape index (κ3) is 46.3. The fourth-order valence-electron chi connectivity index (χ4n) is 0. The Hall–Kier alpha value is 3.23. The predicted molar refractivity (Wildman–Crippen MR) is 13.0 cm³/mol. The Bertz CT molecular complexity index is 19.7. The number of halogens is 1. The molecule has 0 saturated heterocycles. The van der Waals surface area contributed by atoms with Gasteiger partial charge in [-0.1, -0.05) is 0 Å². The van der Waals surface area contributed by atoms with Crippen molar-refractivity contribution in [2.75, 3.05) is 0 Å². The zero-order chi connectivity index (χ0) is 0. The fourth-order valence-corrected chi connectivity index (χ4v) is 0. The monoisotopic (exact) mass is 383 g/mol. The number of rotatable bonds is 0. The number of hydrogen-bond donors (Lipinski definition) is 0. The van der Waals surface area contributed by atoms with E-state index in [0.717, 1.165) is 0 Å². The Kier molecular flexibility index (Phi) is 717. The van der Waals surface area contributed by atoms with Crippen LogP contribution >= 0.6 is 12.4 Å². The molecule has 7 heteroatoms. The second-order valence-electron chi connectivity index (χ2n) is 0. The van der Waals surface area contributed by atoms with Gasteiger partial charge in [0.1, 0.15) is 0 Å². The molecule has 0 heterocycles. The van der Waals surface area contributed by atoms with Crippen LogP contribution in [-0.2, 0) is 91.7 Å². The van der Waals surface area contributed by atoms with Crippen molar-refractivity contribution in [1.82, 2.24) is 0 Å². The van der Waals surface area contributed by atoms with Gasteiger partial charge in [-0.05, 0) is 0 Å². The minimum absolute atomic E-state index is 0. The van der Waals surface area contributed by atoms with Crippen molar-refractivity contribution in [3.05, 3.63) is 0 Å². The summed E-state index contributed by atoms with van der Waals surface area (Å²) in [5, 5.41) is 0. The van der Waals surface area contributed by atoms with Gasteiger partial charge >= 0.3 is 0 Å². The summed E-state index contributed by atoms with van der Waals surface area (Å²) in [4.78, 5) is 0. The molecular formula is HBClCuFeMnMoZn. The smallest absolute Gasteiger partial charge is 0 e. The Labute approximate surface area is 111 Å². The molecule has 0 rings (SSSR count). The first-order valence-corrected chi connectivity index (χ1v) is 0. The summed E-state index contributed by atoms with van der Waals surface area (Å²) in [6, 6.07) is 0. The molecule has 7 heavy (non-hydrogen) atoms. The zero-order valence-electron chi connectivity index (χ0n) is 3.13. The molecule has 0 bridgehead atoms. The Morgan fingerprint density at radius 1 is 1.00 bits per heavy atom. The summed E-state index contributed by atoms with van der Waals surface area (Å²) in [5.41, 5.74) is 0. The van der Waals surface area contributed by atoms with Crippen LogP contribution < -0.4 is 0 Å². The van der Waals surface area contributed by atoms with Crippen molar-refractivity contribution in [1.29, 1.82) is 0 Å². The van der Waals surface area contributed by atoms with Gasteiger partial charge in [-0.25, -0.2) is 0 Å². The van der Waals surface area contributed by atoms with Gasteiger partial charge in [-0.15, -0.1) is 12.4 Å². The molecule has 0 aliphatic heterocycles. The molecule has 0 N–H and O–H groups in total. The average molecular weight is 383 g/mol. The first kappa shape index (κ1) is 83.7. The van der Waals surface area contributed by atoms with Crippen LogP contribution in [0.1, 0.15) is 0 Å². The molecule has 0 saturated carbocycles. The first-order valence-electron chi connectivity index (χ1n) is 0. The predicted octanol–water partition coefficient (Wildman–Crippen LogP) is 0.0285. The van der Waals surface area contributed by atoms with Crippen molar-refractivity contribution in [3.63, 3.8) is 0 Å². The summed E-state index contributed by atoms with van der Waals surface area (Å²) in [7, 11) is 0. The van der Waals surface area contributed by atoms with Crippen LogP contribution in [0.5, 0.6) is 0 Å². The molecule has 0 aliphatic carbocycles. The van der Waals surface area contributed by atoms with Gasteiger partial charge in [0.2, 0.25) is 0 Å². The third-order valence-corrected chi connectivity index (χ3v) is 0. The van der Waals surface area contributed by atoms with Crippen LogP contribution in [0.25, 0.3) is 0 Å². The summed E-state index contributed by atoms with van der Waals surface area (Å²) >= 11 is 0. The second-order valence-corrected chi connectivity index (χ2v) is 0. The van der Waals surface area contributed by atoms with E-state index >= 15 is 0 Å². The molecule has 0 atom stereocenters. The maximum atomic E-state index is 0. The Morgan fingerprint density at radius 2 is 1.00 bits per heavy atom. The summed E-state index contributed by atoms with van der Waals surface area (Å²) < 4.78 is 0. The molecule has 0 amide bonds. The van der Waals surface area contributed by atoms with E-state index in [2.05, 4.69) is 0 Å².